The summed E-state index contributed by atoms with van der Waals surface area (Å²) in [5.41, 5.74) is 5.40. The van der Waals surface area contributed by atoms with Gasteiger partial charge in [-0.15, -0.1) is 0 Å². The maximum Gasteiger partial charge on any atom is 0.00103 e. The molecule has 0 rings (SSSR count). The summed E-state index contributed by atoms with van der Waals surface area (Å²) in [6.07, 6.45) is 11.9. The van der Waals surface area contributed by atoms with Crippen molar-refractivity contribution >= 4 is 0 Å². The molecule has 0 saturated heterocycles. The molecule has 13 heavy (non-hydrogen) atoms. The van der Waals surface area contributed by atoms with Crippen molar-refractivity contribution in [2.45, 2.75) is 39.7 Å². The maximum absolute atomic E-state index is 5.40. The zero-order valence-corrected chi connectivity index (χ0v) is 9.16. The topological polar surface area (TPSA) is 26.0 Å². The second-order valence-corrected chi connectivity index (χ2v) is 2.91. The molecule has 0 saturated carbocycles. The fraction of sp³-hybridized carbons (Fsp3) is 0.500. The standard InChI is InChI=1S/C7H10.C5H13N/c1-3-5-7-6-4-2;1-3-4-5(2)6/h3-7H,1H2,2H3;5H,3-4,6H2,1-2H3/b6-4-,7-5-;. The predicted octanol–water partition coefficient (Wildman–Crippen LogP) is 3.44. The van der Waals surface area contributed by atoms with Gasteiger partial charge in [0.25, 0.3) is 0 Å². The molecule has 0 spiro atoms. The van der Waals surface area contributed by atoms with Crippen molar-refractivity contribution in [2.75, 3.05) is 0 Å². The first-order valence-corrected chi connectivity index (χ1v) is 4.84. The van der Waals surface area contributed by atoms with E-state index < -0.39 is 0 Å². The Morgan fingerprint density at radius 1 is 1.31 bits per heavy atom. The summed E-state index contributed by atoms with van der Waals surface area (Å²) < 4.78 is 0. The summed E-state index contributed by atoms with van der Waals surface area (Å²) >= 11 is 0. The number of hydrogen-bond donors (Lipinski definition) is 1. The van der Waals surface area contributed by atoms with Crippen molar-refractivity contribution in [3.05, 3.63) is 37.0 Å². The molecular weight excluding hydrogens is 158 g/mol. The Kier molecular flexibility index (Phi) is 15.5. The van der Waals surface area contributed by atoms with Crippen LogP contribution in [0.25, 0.3) is 0 Å². The van der Waals surface area contributed by atoms with E-state index in [4.69, 9.17) is 5.73 Å². The average Bonchev–Trinajstić information content (AvgIpc) is 2.06. The van der Waals surface area contributed by atoms with E-state index in [0.29, 0.717) is 6.04 Å². The fourth-order valence-corrected chi connectivity index (χ4v) is 0.709. The van der Waals surface area contributed by atoms with Gasteiger partial charge in [-0.25, -0.2) is 0 Å². The van der Waals surface area contributed by atoms with E-state index in [2.05, 4.69) is 13.5 Å². The van der Waals surface area contributed by atoms with E-state index in [1.54, 1.807) is 6.08 Å². The molecule has 76 valence electrons. The quantitative estimate of drug-likeness (QED) is 0.661. The number of allylic oxidation sites excluding steroid dienone is 5. The summed E-state index contributed by atoms with van der Waals surface area (Å²) in [7, 11) is 0. The molecule has 0 heterocycles. The van der Waals surface area contributed by atoms with Crippen LogP contribution in [0.5, 0.6) is 0 Å². The molecule has 0 bridgehead atoms. The molecule has 1 nitrogen and oxygen atoms in total. The van der Waals surface area contributed by atoms with Crippen molar-refractivity contribution in [3.8, 4) is 0 Å². The van der Waals surface area contributed by atoms with Crippen LogP contribution in [0.4, 0.5) is 0 Å². The molecule has 0 aliphatic heterocycles. The zero-order chi connectivity index (χ0) is 10.5. The minimum Gasteiger partial charge on any atom is -0.328 e. The lowest BCUT2D eigenvalue weighted by atomic mass is 10.2. The molecule has 0 aromatic heterocycles. The summed E-state index contributed by atoms with van der Waals surface area (Å²) in [5.74, 6) is 0. The summed E-state index contributed by atoms with van der Waals surface area (Å²) in [4.78, 5) is 0. The van der Waals surface area contributed by atoms with Gasteiger partial charge >= 0.3 is 0 Å². The van der Waals surface area contributed by atoms with Gasteiger partial charge < -0.3 is 5.73 Å². The highest BCUT2D eigenvalue weighted by Gasteiger charge is 1.85. The first-order chi connectivity index (χ1) is 6.18. The van der Waals surface area contributed by atoms with Gasteiger partial charge in [0.2, 0.25) is 0 Å². The van der Waals surface area contributed by atoms with Gasteiger partial charge in [0.1, 0.15) is 0 Å². The fourth-order valence-electron chi connectivity index (χ4n) is 0.709. The predicted molar refractivity (Wildman–Crippen MR) is 62.7 cm³/mol. The van der Waals surface area contributed by atoms with Crippen LogP contribution in [0, 0.1) is 0 Å². The van der Waals surface area contributed by atoms with E-state index in [1.165, 1.54) is 6.42 Å². The van der Waals surface area contributed by atoms with Crippen LogP contribution in [-0.2, 0) is 0 Å². The highest BCUT2D eigenvalue weighted by atomic mass is 14.6. The molecule has 1 heteroatoms. The largest absolute Gasteiger partial charge is 0.328 e. The Hall–Kier alpha value is -0.820. The lowest BCUT2D eigenvalue weighted by molar-refractivity contribution is 0.653. The lowest BCUT2D eigenvalue weighted by Gasteiger charge is -1.96. The van der Waals surface area contributed by atoms with Crippen molar-refractivity contribution in [2.24, 2.45) is 5.73 Å². The van der Waals surface area contributed by atoms with Crippen LogP contribution in [0.15, 0.2) is 37.0 Å². The molecule has 0 fully saturated rings. The summed E-state index contributed by atoms with van der Waals surface area (Å²) in [5, 5.41) is 0. The molecule has 0 radical (unpaired) electrons. The highest BCUT2D eigenvalue weighted by molar-refractivity contribution is 5.07. The van der Waals surface area contributed by atoms with Gasteiger partial charge in [-0.2, -0.15) is 0 Å². The molecule has 2 N–H and O–H groups in total. The number of nitrogens with two attached hydrogens (primary N) is 1. The lowest BCUT2D eigenvalue weighted by Crippen LogP contribution is -2.13. The Labute approximate surface area is 83.0 Å². The van der Waals surface area contributed by atoms with Gasteiger partial charge in [0.05, 0.1) is 0 Å². The molecule has 1 atom stereocenters. The monoisotopic (exact) mass is 181 g/mol. The third-order valence-electron chi connectivity index (χ3n) is 1.29. The van der Waals surface area contributed by atoms with Gasteiger partial charge in [0, 0.05) is 6.04 Å². The van der Waals surface area contributed by atoms with E-state index in [1.807, 2.05) is 38.2 Å². The van der Waals surface area contributed by atoms with Gasteiger partial charge in [-0.3, -0.25) is 0 Å². The molecule has 0 aliphatic rings. The average molecular weight is 181 g/mol. The van der Waals surface area contributed by atoms with Gasteiger partial charge in [-0.1, -0.05) is 50.3 Å². The Bertz CT molecular complexity index is 143. The third kappa shape index (κ3) is 24.7. The Morgan fingerprint density at radius 2 is 1.92 bits per heavy atom. The molecule has 0 aromatic carbocycles. The normalized spacial score (nSPS) is 12.6. The zero-order valence-electron chi connectivity index (χ0n) is 9.16. The molecular formula is C12H23N. The molecule has 0 amide bonds. The van der Waals surface area contributed by atoms with E-state index in [9.17, 15) is 0 Å². The second-order valence-electron chi connectivity index (χ2n) is 2.91. The molecule has 0 aromatic rings. The second kappa shape index (κ2) is 13.7. The Morgan fingerprint density at radius 3 is 2.15 bits per heavy atom. The molecule has 0 aliphatic carbocycles. The van der Waals surface area contributed by atoms with Crippen LogP contribution in [0.3, 0.4) is 0 Å². The van der Waals surface area contributed by atoms with Crippen molar-refractivity contribution < 1.29 is 0 Å². The van der Waals surface area contributed by atoms with Crippen LogP contribution >= 0.6 is 0 Å². The van der Waals surface area contributed by atoms with Crippen LogP contribution in [0.1, 0.15) is 33.6 Å². The van der Waals surface area contributed by atoms with E-state index >= 15 is 0 Å². The van der Waals surface area contributed by atoms with Gasteiger partial charge in [0.15, 0.2) is 0 Å². The summed E-state index contributed by atoms with van der Waals surface area (Å²) in [6, 6.07) is 0.398. The highest BCUT2D eigenvalue weighted by Crippen LogP contribution is 1.88. The van der Waals surface area contributed by atoms with Crippen LogP contribution in [-0.4, -0.2) is 6.04 Å². The maximum atomic E-state index is 5.40. The minimum atomic E-state index is 0.398. The SMILES string of the molecule is C=C/C=C\C=C/C.CCCC(C)N. The van der Waals surface area contributed by atoms with Crippen molar-refractivity contribution in [3.63, 3.8) is 0 Å². The smallest absolute Gasteiger partial charge is 0.00103 e. The number of rotatable bonds is 4. The summed E-state index contributed by atoms with van der Waals surface area (Å²) in [6.45, 7) is 9.66. The number of hydrogen-bond acceptors (Lipinski definition) is 1. The third-order valence-corrected chi connectivity index (χ3v) is 1.29. The molecule has 1 unspecified atom stereocenters. The van der Waals surface area contributed by atoms with Crippen LogP contribution in [0.2, 0.25) is 0 Å². The Balaban J connectivity index is 0. The first kappa shape index (κ1) is 14.7. The van der Waals surface area contributed by atoms with E-state index in [-0.39, 0.29) is 0 Å². The van der Waals surface area contributed by atoms with Crippen molar-refractivity contribution in [1.29, 1.82) is 0 Å². The van der Waals surface area contributed by atoms with Crippen molar-refractivity contribution in [1.82, 2.24) is 0 Å². The first-order valence-electron chi connectivity index (χ1n) is 4.84. The van der Waals surface area contributed by atoms with Crippen LogP contribution < -0.4 is 5.73 Å². The van der Waals surface area contributed by atoms with E-state index in [0.717, 1.165) is 6.42 Å². The minimum absolute atomic E-state index is 0.398. The van der Waals surface area contributed by atoms with Gasteiger partial charge in [-0.05, 0) is 20.3 Å².